The van der Waals surface area contributed by atoms with Crippen LogP contribution in [0.5, 0.6) is 5.75 Å². The van der Waals surface area contributed by atoms with Gasteiger partial charge in [0.25, 0.3) is 0 Å². The zero-order valence-corrected chi connectivity index (χ0v) is 9.96. The number of rotatable bonds is 3. The van der Waals surface area contributed by atoms with E-state index in [9.17, 15) is 8.42 Å². The predicted molar refractivity (Wildman–Crippen MR) is 61.2 cm³/mol. The molecule has 1 aliphatic rings. The Kier molecular flexibility index (Phi) is 3.16. The van der Waals surface area contributed by atoms with Crippen molar-refractivity contribution >= 4 is 9.84 Å². The van der Waals surface area contributed by atoms with Gasteiger partial charge < -0.3 is 10.1 Å². The first-order valence-electron chi connectivity index (χ1n) is 5.26. The highest BCUT2D eigenvalue weighted by molar-refractivity contribution is 7.92. The Bertz CT molecular complexity index is 464. The van der Waals surface area contributed by atoms with E-state index in [0.717, 1.165) is 13.0 Å². The number of ether oxygens (including phenoxy) is 1. The molecule has 0 amide bonds. The van der Waals surface area contributed by atoms with E-state index in [1.807, 2.05) is 0 Å². The number of nitrogens with one attached hydrogen (secondary N) is 1. The Hall–Kier alpha value is -1.07. The Morgan fingerprint density at radius 1 is 1.38 bits per heavy atom. The molecule has 1 fully saturated rings. The number of methoxy groups -OCH3 is 1. The fourth-order valence-corrected chi connectivity index (χ4v) is 3.75. The second kappa shape index (κ2) is 4.43. The van der Waals surface area contributed by atoms with E-state index in [2.05, 4.69) is 5.32 Å². The molecular weight excluding hydrogens is 226 g/mol. The van der Waals surface area contributed by atoms with Crippen molar-refractivity contribution in [3.8, 4) is 5.75 Å². The van der Waals surface area contributed by atoms with Gasteiger partial charge in [-0.25, -0.2) is 8.42 Å². The van der Waals surface area contributed by atoms with Gasteiger partial charge in [-0.2, -0.15) is 0 Å². The van der Waals surface area contributed by atoms with Crippen LogP contribution in [0.15, 0.2) is 29.2 Å². The van der Waals surface area contributed by atoms with Crippen molar-refractivity contribution in [3.05, 3.63) is 24.3 Å². The third-order valence-corrected chi connectivity index (χ3v) is 4.87. The van der Waals surface area contributed by atoms with E-state index < -0.39 is 15.2 Å². The molecule has 4 nitrogen and oxygen atoms in total. The molecule has 0 bridgehead atoms. The number of hydrogen-bond donors (Lipinski definition) is 1. The Labute approximate surface area is 95.5 Å². The summed E-state index contributed by atoms with van der Waals surface area (Å²) in [4.78, 5) is 0.275. The van der Waals surface area contributed by atoms with Crippen molar-refractivity contribution in [2.75, 3.05) is 13.7 Å². The zero-order valence-electron chi connectivity index (χ0n) is 9.14. The van der Waals surface area contributed by atoms with Gasteiger partial charge in [-0.3, -0.25) is 0 Å². The largest absolute Gasteiger partial charge is 0.495 e. The summed E-state index contributed by atoms with van der Waals surface area (Å²) in [5, 5.41) is 2.53. The van der Waals surface area contributed by atoms with Gasteiger partial charge in [0.2, 0.25) is 0 Å². The summed E-state index contributed by atoms with van der Waals surface area (Å²) in [6.45, 7) is 0.763. The molecule has 0 radical (unpaired) electrons. The van der Waals surface area contributed by atoms with Gasteiger partial charge >= 0.3 is 0 Å². The van der Waals surface area contributed by atoms with Crippen LogP contribution in [0.4, 0.5) is 0 Å². The third-order valence-electron chi connectivity index (χ3n) is 2.77. The molecule has 0 aromatic heterocycles. The summed E-state index contributed by atoms with van der Waals surface area (Å²) >= 11 is 0. The fraction of sp³-hybridized carbons (Fsp3) is 0.455. The quantitative estimate of drug-likeness (QED) is 0.863. The third kappa shape index (κ3) is 1.92. The van der Waals surface area contributed by atoms with Crippen molar-refractivity contribution < 1.29 is 13.2 Å². The van der Waals surface area contributed by atoms with Crippen LogP contribution in [0, 0.1) is 0 Å². The normalized spacial score (nSPS) is 20.9. The molecule has 1 aliphatic heterocycles. The fourth-order valence-electron chi connectivity index (χ4n) is 1.92. The molecule has 2 rings (SSSR count). The molecule has 1 atom stereocenters. The molecule has 88 valence electrons. The molecular formula is C11H15NO3S. The molecule has 1 aromatic rings. The van der Waals surface area contributed by atoms with E-state index in [-0.39, 0.29) is 4.90 Å². The average molecular weight is 241 g/mol. The standard InChI is InChI=1S/C11H15NO3S/c1-15-9-5-2-3-6-10(9)16(13,14)11-7-4-8-12-11/h2-3,5-6,11-12H,4,7-8H2,1H3. The van der Waals surface area contributed by atoms with Crippen LogP contribution in [0.1, 0.15) is 12.8 Å². The van der Waals surface area contributed by atoms with Gasteiger partial charge in [-0.1, -0.05) is 12.1 Å². The van der Waals surface area contributed by atoms with Gasteiger partial charge in [-0.05, 0) is 31.5 Å². The number of sulfone groups is 1. The lowest BCUT2D eigenvalue weighted by atomic mass is 10.3. The first kappa shape index (κ1) is 11.4. The van der Waals surface area contributed by atoms with Gasteiger partial charge in [0, 0.05) is 0 Å². The van der Waals surface area contributed by atoms with Gasteiger partial charge in [-0.15, -0.1) is 0 Å². The molecule has 1 unspecified atom stereocenters. The minimum atomic E-state index is -3.32. The van der Waals surface area contributed by atoms with E-state index in [4.69, 9.17) is 4.74 Å². The van der Waals surface area contributed by atoms with Crippen LogP contribution in [-0.2, 0) is 9.84 Å². The molecule has 1 heterocycles. The monoisotopic (exact) mass is 241 g/mol. The van der Waals surface area contributed by atoms with Crippen molar-refractivity contribution in [2.24, 2.45) is 0 Å². The molecule has 0 spiro atoms. The zero-order chi connectivity index (χ0) is 11.6. The number of para-hydroxylation sites is 1. The molecule has 1 aromatic carbocycles. The summed E-state index contributed by atoms with van der Waals surface area (Å²) in [5.41, 5.74) is 0. The molecule has 0 aliphatic carbocycles. The summed E-state index contributed by atoms with van der Waals surface area (Å²) < 4.78 is 29.6. The molecule has 1 saturated heterocycles. The maximum Gasteiger partial charge on any atom is 0.197 e. The van der Waals surface area contributed by atoms with Gasteiger partial charge in [0.05, 0.1) is 7.11 Å². The highest BCUT2D eigenvalue weighted by Gasteiger charge is 2.31. The van der Waals surface area contributed by atoms with E-state index in [1.165, 1.54) is 7.11 Å². The Balaban J connectivity index is 2.42. The first-order valence-corrected chi connectivity index (χ1v) is 6.81. The smallest absolute Gasteiger partial charge is 0.197 e. The van der Waals surface area contributed by atoms with E-state index >= 15 is 0 Å². The highest BCUT2D eigenvalue weighted by atomic mass is 32.2. The summed E-state index contributed by atoms with van der Waals surface area (Å²) in [7, 11) is -1.83. The number of benzene rings is 1. The SMILES string of the molecule is COc1ccccc1S(=O)(=O)C1CCCN1. The molecule has 0 saturated carbocycles. The van der Waals surface area contributed by atoms with Crippen LogP contribution >= 0.6 is 0 Å². The predicted octanol–water partition coefficient (Wildman–Crippen LogP) is 1.18. The van der Waals surface area contributed by atoms with Crippen LogP contribution in [-0.4, -0.2) is 27.4 Å². The molecule has 5 heteroatoms. The average Bonchev–Trinajstić information content (AvgIpc) is 2.83. The van der Waals surface area contributed by atoms with Crippen LogP contribution in [0.3, 0.4) is 0 Å². The highest BCUT2D eigenvalue weighted by Crippen LogP contribution is 2.28. The van der Waals surface area contributed by atoms with E-state index in [1.54, 1.807) is 24.3 Å². The van der Waals surface area contributed by atoms with Crippen LogP contribution in [0.2, 0.25) is 0 Å². The minimum Gasteiger partial charge on any atom is -0.495 e. The Morgan fingerprint density at radius 3 is 2.75 bits per heavy atom. The van der Waals surface area contributed by atoms with Crippen molar-refractivity contribution in [2.45, 2.75) is 23.1 Å². The lowest BCUT2D eigenvalue weighted by Crippen LogP contribution is -2.31. The molecule has 16 heavy (non-hydrogen) atoms. The lowest BCUT2D eigenvalue weighted by molar-refractivity contribution is 0.402. The summed E-state index contributed by atoms with van der Waals surface area (Å²) in [5.74, 6) is 0.413. The minimum absolute atomic E-state index is 0.275. The molecule has 1 N–H and O–H groups in total. The lowest BCUT2D eigenvalue weighted by Gasteiger charge is -2.14. The van der Waals surface area contributed by atoms with Crippen molar-refractivity contribution in [3.63, 3.8) is 0 Å². The summed E-state index contributed by atoms with van der Waals surface area (Å²) in [6.07, 6.45) is 1.57. The second-order valence-corrected chi connectivity index (χ2v) is 5.88. The first-order chi connectivity index (χ1) is 7.66. The topological polar surface area (TPSA) is 55.4 Å². The van der Waals surface area contributed by atoms with Crippen molar-refractivity contribution in [1.29, 1.82) is 0 Å². The number of hydrogen-bond acceptors (Lipinski definition) is 4. The van der Waals surface area contributed by atoms with E-state index in [0.29, 0.717) is 12.2 Å². The van der Waals surface area contributed by atoms with Crippen molar-refractivity contribution in [1.82, 2.24) is 5.32 Å². The van der Waals surface area contributed by atoms with Crippen LogP contribution < -0.4 is 10.1 Å². The maximum absolute atomic E-state index is 12.3. The van der Waals surface area contributed by atoms with Gasteiger partial charge in [0.1, 0.15) is 16.0 Å². The second-order valence-electron chi connectivity index (χ2n) is 3.78. The Morgan fingerprint density at radius 2 is 2.12 bits per heavy atom. The maximum atomic E-state index is 12.3. The van der Waals surface area contributed by atoms with Crippen LogP contribution in [0.25, 0.3) is 0 Å². The summed E-state index contributed by atoms with van der Waals surface area (Å²) in [6, 6.07) is 6.74. The van der Waals surface area contributed by atoms with Gasteiger partial charge in [0.15, 0.2) is 9.84 Å².